The topological polar surface area (TPSA) is 33.1 Å². The quantitative estimate of drug-likeness (QED) is 0.650. The normalized spacial score (nSPS) is 12.0. The monoisotopic (exact) mass is 171 g/mol. The Labute approximate surface area is 70.9 Å². The largest absolute Gasteiger partial charge is 0.492 e. The summed E-state index contributed by atoms with van der Waals surface area (Å²) in [6.45, 7) is 8.11. The molecule has 0 amide bonds. The van der Waals surface area contributed by atoms with E-state index in [2.05, 4.69) is 25.8 Å². The highest BCUT2D eigenvalue weighted by Gasteiger charge is 2.21. The second-order valence-corrected chi connectivity index (χ2v) is 4.84. The van der Waals surface area contributed by atoms with Gasteiger partial charge in [-0.2, -0.15) is 0 Å². The molecule has 0 fully saturated rings. The fourth-order valence-electron chi connectivity index (χ4n) is 0.905. The number of nitrogens with zero attached hydrogens (tertiary/aromatic N) is 1. The molecule has 1 aromatic rings. The number of hydrogen-bond acceptors (Lipinski definition) is 3. The fourth-order valence-corrected chi connectivity index (χ4v) is 1.78. The molecule has 11 heavy (non-hydrogen) atoms. The van der Waals surface area contributed by atoms with Crippen LogP contribution in [0.4, 0.5) is 0 Å². The maximum atomic E-state index is 9.37. The molecule has 0 unspecified atom stereocenters. The third-order valence-electron chi connectivity index (χ3n) is 1.40. The predicted octanol–water partition coefficient (Wildman–Crippen LogP) is 2.45. The van der Waals surface area contributed by atoms with Gasteiger partial charge >= 0.3 is 0 Å². The van der Waals surface area contributed by atoms with Crippen molar-refractivity contribution >= 4 is 11.3 Å². The van der Waals surface area contributed by atoms with E-state index in [-0.39, 0.29) is 11.3 Å². The van der Waals surface area contributed by atoms with E-state index in [9.17, 15) is 5.11 Å². The van der Waals surface area contributed by atoms with Crippen LogP contribution in [0.15, 0.2) is 0 Å². The average molecular weight is 171 g/mol. The lowest BCUT2D eigenvalue weighted by Crippen LogP contribution is -2.08. The minimum atomic E-state index is 0.00993. The molecule has 0 aliphatic heterocycles. The maximum Gasteiger partial charge on any atom is 0.225 e. The van der Waals surface area contributed by atoms with Crippen molar-refractivity contribution in [2.75, 3.05) is 0 Å². The molecule has 0 aromatic carbocycles. The van der Waals surface area contributed by atoms with Gasteiger partial charge in [0.1, 0.15) is 0 Å². The highest BCUT2D eigenvalue weighted by atomic mass is 32.1. The van der Waals surface area contributed by atoms with Gasteiger partial charge in [-0.05, 0) is 6.92 Å². The maximum absolute atomic E-state index is 9.37. The molecule has 2 nitrogen and oxygen atoms in total. The van der Waals surface area contributed by atoms with Gasteiger partial charge in [0.2, 0.25) is 5.88 Å². The second kappa shape index (κ2) is 2.48. The van der Waals surface area contributed by atoms with E-state index in [1.54, 1.807) is 11.3 Å². The number of aromatic hydroxyl groups is 1. The van der Waals surface area contributed by atoms with E-state index < -0.39 is 0 Å². The molecule has 0 aliphatic carbocycles. The molecular formula is C8H13NOS. The first-order chi connectivity index (χ1) is 4.91. The van der Waals surface area contributed by atoms with Crippen molar-refractivity contribution in [3.8, 4) is 5.88 Å². The summed E-state index contributed by atoms with van der Waals surface area (Å²) in [6, 6.07) is 0. The van der Waals surface area contributed by atoms with E-state index in [1.807, 2.05) is 6.92 Å². The molecule has 1 rings (SSSR count). The fraction of sp³-hybridized carbons (Fsp3) is 0.625. The Balaban J connectivity index is 3.13. The Morgan fingerprint density at radius 1 is 1.36 bits per heavy atom. The molecule has 1 heterocycles. The van der Waals surface area contributed by atoms with Crippen LogP contribution < -0.4 is 0 Å². The summed E-state index contributed by atoms with van der Waals surface area (Å²) in [5.74, 6) is 0.194. The van der Waals surface area contributed by atoms with Crippen LogP contribution in [0, 0.1) is 6.92 Å². The molecule has 0 saturated carbocycles. The first-order valence-corrected chi connectivity index (χ1v) is 4.40. The Bertz CT molecular complexity index is 260. The molecule has 3 heteroatoms. The van der Waals surface area contributed by atoms with Gasteiger partial charge in [0.25, 0.3) is 0 Å². The van der Waals surface area contributed by atoms with E-state index in [1.165, 1.54) is 0 Å². The van der Waals surface area contributed by atoms with Crippen LogP contribution in [0.25, 0.3) is 0 Å². The van der Waals surface area contributed by atoms with Crippen molar-refractivity contribution in [1.82, 2.24) is 4.98 Å². The molecule has 1 N–H and O–H groups in total. The van der Waals surface area contributed by atoms with E-state index in [0.717, 1.165) is 9.88 Å². The van der Waals surface area contributed by atoms with Crippen molar-refractivity contribution in [2.24, 2.45) is 0 Å². The summed E-state index contributed by atoms with van der Waals surface area (Å²) in [7, 11) is 0. The van der Waals surface area contributed by atoms with E-state index in [4.69, 9.17) is 0 Å². The van der Waals surface area contributed by atoms with Crippen LogP contribution in [-0.2, 0) is 5.41 Å². The van der Waals surface area contributed by atoms with E-state index >= 15 is 0 Å². The van der Waals surface area contributed by atoms with Gasteiger partial charge in [-0.1, -0.05) is 20.8 Å². The van der Waals surface area contributed by atoms with Gasteiger partial charge in [0.05, 0.1) is 9.88 Å². The predicted molar refractivity (Wildman–Crippen MR) is 47.2 cm³/mol. The Morgan fingerprint density at radius 3 is 2.09 bits per heavy atom. The molecule has 0 spiro atoms. The van der Waals surface area contributed by atoms with Crippen LogP contribution in [0.2, 0.25) is 0 Å². The van der Waals surface area contributed by atoms with Crippen molar-refractivity contribution in [3.63, 3.8) is 0 Å². The molecule has 62 valence electrons. The highest BCUT2D eigenvalue weighted by Crippen LogP contribution is 2.34. The number of aryl methyl sites for hydroxylation is 1. The smallest absolute Gasteiger partial charge is 0.225 e. The highest BCUT2D eigenvalue weighted by molar-refractivity contribution is 7.12. The SMILES string of the molecule is Cc1nc(O)c(C(C)(C)C)s1. The van der Waals surface area contributed by atoms with Crippen molar-refractivity contribution in [1.29, 1.82) is 0 Å². The Kier molecular flexibility index (Phi) is 1.92. The zero-order chi connectivity index (χ0) is 8.65. The van der Waals surface area contributed by atoms with E-state index in [0.29, 0.717) is 0 Å². The van der Waals surface area contributed by atoms with Gasteiger partial charge in [-0.25, -0.2) is 4.98 Å². The molecule has 0 aliphatic rings. The van der Waals surface area contributed by atoms with Crippen LogP contribution >= 0.6 is 11.3 Å². The molecule has 0 atom stereocenters. The second-order valence-electron chi connectivity index (χ2n) is 3.64. The van der Waals surface area contributed by atoms with Gasteiger partial charge in [-0.3, -0.25) is 0 Å². The van der Waals surface area contributed by atoms with Crippen LogP contribution in [0.3, 0.4) is 0 Å². The minimum Gasteiger partial charge on any atom is -0.492 e. The average Bonchev–Trinajstić information content (AvgIpc) is 2.08. The zero-order valence-electron chi connectivity index (χ0n) is 7.30. The van der Waals surface area contributed by atoms with Gasteiger partial charge in [-0.15, -0.1) is 11.3 Å². The lowest BCUT2D eigenvalue weighted by atomic mass is 9.95. The molecular weight excluding hydrogens is 158 g/mol. The lowest BCUT2D eigenvalue weighted by molar-refractivity contribution is 0.434. The summed E-state index contributed by atoms with van der Waals surface area (Å²) in [5.41, 5.74) is 0.00993. The van der Waals surface area contributed by atoms with Crippen molar-refractivity contribution < 1.29 is 5.11 Å². The Hall–Kier alpha value is -0.570. The van der Waals surface area contributed by atoms with Gasteiger partial charge < -0.3 is 5.11 Å². The van der Waals surface area contributed by atoms with Crippen molar-refractivity contribution in [2.45, 2.75) is 33.1 Å². The molecule has 0 radical (unpaired) electrons. The van der Waals surface area contributed by atoms with Gasteiger partial charge in [0, 0.05) is 5.41 Å². The zero-order valence-corrected chi connectivity index (χ0v) is 8.12. The molecule has 0 bridgehead atoms. The summed E-state index contributed by atoms with van der Waals surface area (Å²) < 4.78 is 0. The number of rotatable bonds is 0. The minimum absolute atomic E-state index is 0.00993. The summed E-state index contributed by atoms with van der Waals surface area (Å²) in [4.78, 5) is 4.92. The van der Waals surface area contributed by atoms with Crippen LogP contribution in [0.1, 0.15) is 30.7 Å². The Morgan fingerprint density at radius 2 is 1.91 bits per heavy atom. The number of thiazole rings is 1. The standard InChI is InChI=1S/C8H13NOS/c1-5-9-7(10)6(11-5)8(2,3)4/h10H,1-4H3. The lowest BCUT2D eigenvalue weighted by Gasteiger charge is -2.14. The summed E-state index contributed by atoms with van der Waals surface area (Å²) in [5, 5.41) is 10.3. The molecule has 0 saturated heterocycles. The van der Waals surface area contributed by atoms with Crippen molar-refractivity contribution in [3.05, 3.63) is 9.88 Å². The van der Waals surface area contributed by atoms with Crippen LogP contribution in [-0.4, -0.2) is 10.1 Å². The van der Waals surface area contributed by atoms with Gasteiger partial charge in [0.15, 0.2) is 0 Å². The first-order valence-electron chi connectivity index (χ1n) is 3.58. The number of aromatic nitrogens is 1. The summed E-state index contributed by atoms with van der Waals surface area (Å²) in [6.07, 6.45) is 0. The molecule has 1 aromatic heterocycles. The summed E-state index contributed by atoms with van der Waals surface area (Å²) >= 11 is 1.56. The van der Waals surface area contributed by atoms with Crippen LogP contribution in [0.5, 0.6) is 5.88 Å². The number of hydrogen-bond donors (Lipinski definition) is 1. The third-order valence-corrected chi connectivity index (χ3v) is 2.78. The third kappa shape index (κ3) is 1.71. The first kappa shape index (κ1) is 8.53.